The lowest BCUT2D eigenvalue weighted by atomic mass is 10.2. The highest BCUT2D eigenvalue weighted by Crippen LogP contribution is 2.27. The number of sulfonamides is 1. The zero-order chi connectivity index (χ0) is 26.1. The van der Waals surface area contributed by atoms with Crippen molar-refractivity contribution < 1.29 is 18.0 Å². The van der Waals surface area contributed by atoms with Gasteiger partial charge >= 0.3 is 12.1 Å². The van der Waals surface area contributed by atoms with E-state index in [4.69, 9.17) is 0 Å². The lowest BCUT2D eigenvalue weighted by Crippen LogP contribution is -2.23. The fourth-order valence-electron chi connectivity index (χ4n) is 3.44. The Morgan fingerprint density at radius 2 is 1.03 bits per heavy atom. The van der Waals surface area contributed by atoms with Crippen LogP contribution in [-0.2, 0) is 15.8 Å². The summed E-state index contributed by atoms with van der Waals surface area (Å²) < 4.78 is 28.0. The largest absolute Gasteiger partial charge is 0.323 e. The number of hydrogen-bond donors (Lipinski definition) is 5. The highest BCUT2D eigenvalue weighted by molar-refractivity contribution is 7.91. The summed E-state index contributed by atoms with van der Waals surface area (Å²) in [5, 5.41) is 10.8. The molecule has 0 spiro atoms. The number of urea groups is 2. The van der Waals surface area contributed by atoms with Crippen LogP contribution in [0.25, 0.3) is 0 Å². The lowest BCUT2D eigenvalue weighted by molar-refractivity contribution is 0.261. The number of hydrogen-bond acceptors (Lipinski definition) is 4. The van der Waals surface area contributed by atoms with Crippen LogP contribution in [0.1, 0.15) is 5.56 Å². The summed E-state index contributed by atoms with van der Waals surface area (Å²) in [5.74, 6) is -0.218. The fourth-order valence-corrected chi connectivity index (χ4v) is 4.63. The Kier molecular flexibility index (Phi) is 8.01. The molecule has 0 aliphatic rings. The van der Waals surface area contributed by atoms with Crippen molar-refractivity contribution in [1.29, 1.82) is 0 Å². The maximum absolute atomic E-state index is 12.7. The normalized spacial score (nSPS) is 10.7. The molecule has 0 aliphatic carbocycles. The van der Waals surface area contributed by atoms with Crippen molar-refractivity contribution in [3.8, 4) is 0 Å². The molecule has 0 aromatic heterocycles. The molecule has 0 unspecified atom stereocenters. The first-order chi connectivity index (χ1) is 17.9. The predicted octanol–water partition coefficient (Wildman–Crippen LogP) is 5.92. The molecule has 0 fully saturated rings. The van der Waals surface area contributed by atoms with Crippen LogP contribution in [0, 0.1) is 0 Å². The van der Waals surface area contributed by atoms with E-state index in [1.54, 1.807) is 72.8 Å². The second-order valence-electron chi connectivity index (χ2n) is 8.00. The topological polar surface area (TPSA) is 128 Å². The molecule has 188 valence electrons. The second-order valence-corrected chi connectivity index (χ2v) is 9.72. The number of para-hydroxylation sites is 2. The molecule has 10 heteroatoms. The molecule has 0 bridgehead atoms. The number of carbonyl (C=O) groups excluding carboxylic acids is 2. The Labute approximate surface area is 215 Å². The van der Waals surface area contributed by atoms with Crippen LogP contribution in [0.3, 0.4) is 0 Å². The molecular formula is C27H25N5O4S. The third-order valence-electron chi connectivity index (χ3n) is 5.05. The fraction of sp³-hybridized carbons (Fsp3) is 0.0370. The van der Waals surface area contributed by atoms with Gasteiger partial charge in [-0.15, -0.1) is 0 Å². The molecule has 4 rings (SSSR count). The Morgan fingerprint density at radius 1 is 0.541 bits per heavy atom. The summed E-state index contributed by atoms with van der Waals surface area (Å²) in [6.07, 6.45) is 0. The summed E-state index contributed by atoms with van der Waals surface area (Å²) in [4.78, 5) is 25.2. The van der Waals surface area contributed by atoms with Crippen molar-refractivity contribution in [2.45, 2.75) is 5.75 Å². The van der Waals surface area contributed by atoms with E-state index in [-0.39, 0.29) is 22.8 Å². The molecule has 37 heavy (non-hydrogen) atoms. The summed E-state index contributed by atoms with van der Waals surface area (Å²) in [7, 11) is -3.74. The first kappa shape index (κ1) is 25.3. The number of carbonyl (C=O) groups is 2. The van der Waals surface area contributed by atoms with Gasteiger partial charge in [0.1, 0.15) is 0 Å². The zero-order valence-electron chi connectivity index (χ0n) is 19.6. The molecule has 0 aliphatic heterocycles. The van der Waals surface area contributed by atoms with Crippen LogP contribution >= 0.6 is 0 Å². The molecule has 0 radical (unpaired) electrons. The first-order valence-electron chi connectivity index (χ1n) is 11.3. The van der Waals surface area contributed by atoms with Crippen molar-refractivity contribution in [2.75, 3.05) is 26.0 Å². The third-order valence-corrected chi connectivity index (χ3v) is 6.31. The minimum Gasteiger partial charge on any atom is -0.308 e. The van der Waals surface area contributed by atoms with Crippen LogP contribution in [0.2, 0.25) is 0 Å². The average molecular weight is 516 g/mol. The predicted molar refractivity (Wildman–Crippen MR) is 147 cm³/mol. The van der Waals surface area contributed by atoms with E-state index in [9.17, 15) is 18.0 Å². The van der Waals surface area contributed by atoms with E-state index in [0.717, 1.165) is 0 Å². The van der Waals surface area contributed by atoms with E-state index in [1.807, 2.05) is 18.2 Å². The van der Waals surface area contributed by atoms with Crippen LogP contribution in [0.5, 0.6) is 0 Å². The van der Waals surface area contributed by atoms with Gasteiger partial charge in [0.2, 0.25) is 10.0 Å². The monoisotopic (exact) mass is 515 g/mol. The number of nitrogens with one attached hydrogen (secondary N) is 5. The molecule has 0 heterocycles. The highest BCUT2D eigenvalue weighted by atomic mass is 32.2. The lowest BCUT2D eigenvalue weighted by Gasteiger charge is -2.16. The van der Waals surface area contributed by atoms with Crippen molar-refractivity contribution in [2.24, 2.45) is 0 Å². The third kappa shape index (κ3) is 7.84. The van der Waals surface area contributed by atoms with Gasteiger partial charge in [-0.05, 0) is 48.0 Å². The molecule has 5 N–H and O–H groups in total. The van der Waals surface area contributed by atoms with Crippen LogP contribution in [-0.4, -0.2) is 20.5 Å². The minimum atomic E-state index is -3.74. The number of rotatable bonds is 8. The van der Waals surface area contributed by atoms with Gasteiger partial charge in [-0.2, -0.15) is 0 Å². The molecule has 0 atom stereocenters. The number of amides is 4. The Balaban J connectivity index is 1.53. The molecular weight excluding hydrogens is 490 g/mol. The van der Waals surface area contributed by atoms with E-state index >= 15 is 0 Å². The van der Waals surface area contributed by atoms with Gasteiger partial charge in [0, 0.05) is 11.4 Å². The van der Waals surface area contributed by atoms with Gasteiger partial charge < -0.3 is 21.3 Å². The molecule has 4 aromatic rings. The maximum Gasteiger partial charge on any atom is 0.323 e. The average Bonchev–Trinajstić information content (AvgIpc) is 2.87. The quantitative estimate of drug-likeness (QED) is 0.200. The van der Waals surface area contributed by atoms with Crippen molar-refractivity contribution >= 4 is 50.5 Å². The zero-order valence-corrected chi connectivity index (χ0v) is 20.5. The standard InChI is InChI=1S/C27H25N5O4S/c33-26(28-21-12-6-2-7-13-21)30-24-17-16-23(32-37(35,36)19-20-10-4-1-5-11-20)18-25(24)31-27(34)29-22-14-8-3-9-15-22/h1-18,32H,19H2,(H2,28,30,33)(H2,29,31,34). The van der Waals surface area contributed by atoms with Crippen molar-refractivity contribution in [3.05, 3.63) is 115 Å². The van der Waals surface area contributed by atoms with Gasteiger partial charge in [-0.1, -0.05) is 66.7 Å². The van der Waals surface area contributed by atoms with Crippen LogP contribution in [0.15, 0.2) is 109 Å². The Hall–Kier alpha value is -4.83. The summed E-state index contributed by atoms with van der Waals surface area (Å²) in [6, 6.07) is 29.8. The van der Waals surface area contributed by atoms with E-state index in [1.165, 1.54) is 18.2 Å². The Bertz CT molecular complexity index is 1460. The van der Waals surface area contributed by atoms with Gasteiger partial charge in [-0.25, -0.2) is 18.0 Å². The second kappa shape index (κ2) is 11.7. The minimum absolute atomic E-state index is 0.191. The molecule has 0 saturated heterocycles. The van der Waals surface area contributed by atoms with Gasteiger partial charge in [0.15, 0.2) is 0 Å². The van der Waals surface area contributed by atoms with E-state index in [2.05, 4.69) is 26.0 Å². The van der Waals surface area contributed by atoms with Gasteiger partial charge in [0.25, 0.3) is 0 Å². The Morgan fingerprint density at radius 3 is 1.57 bits per heavy atom. The van der Waals surface area contributed by atoms with Crippen molar-refractivity contribution in [3.63, 3.8) is 0 Å². The van der Waals surface area contributed by atoms with Gasteiger partial charge in [0.05, 0.1) is 22.8 Å². The van der Waals surface area contributed by atoms with E-state index in [0.29, 0.717) is 16.9 Å². The van der Waals surface area contributed by atoms with Gasteiger partial charge in [-0.3, -0.25) is 4.72 Å². The number of anilines is 5. The summed E-state index contributed by atoms with van der Waals surface area (Å²) >= 11 is 0. The maximum atomic E-state index is 12.7. The van der Waals surface area contributed by atoms with Crippen LogP contribution in [0.4, 0.5) is 38.0 Å². The number of benzene rings is 4. The molecule has 4 amide bonds. The SMILES string of the molecule is O=C(Nc1ccccc1)Nc1ccc(NS(=O)(=O)Cc2ccccc2)cc1NC(=O)Nc1ccccc1. The summed E-state index contributed by atoms with van der Waals surface area (Å²) in [5.41, 5.74) is 2.46. The molecule has 0 saturated carbocycles. The smallest absolute Gasteiger partial charge is 0.308 e. The highest BCUT2D eigenvalue weighted by Gasteiger charge is 2.15. The van der Waals surface area contributed by atoms with Crippen LogP contribution < -0.4 is 26.0 Å². The molecule has 9 nitrogen and oxygen atoms in total. The first-order valence-corrected chi connectivity index (χ1v) is 13.0. The molecule has 4 aromatic carbocycles. The van der Waals surface area contributed by atoms with Crippen molar-refractivity contribution in [1.82, 2.24) is 0 Å². The van der Waals surface area contributed by atoms with E-state index < -0.39 is 22.1 Å². The summed E-state index contributed by atoms with van der Waals surface area (Å²) in [6.45, 7) is 0.